The third-order valence-electron chi connectivity index (χ3n) is 5.73. The summed E-state index contributed by atoms with van der Waals surface area (Å²) in [6, 6.07) is 18.7. The number of benzene rings is 1. The molecule has 0 fully saturated rings. The average molecular weight is 432 g/mol. The van der Waals surface area contributed by atoms with Crippen molar-refractivity contribution < 1.29 is 0 Å². The fraction of sp³-hybridized carbons (Fsp3) is 0.0769. The van der Waals surface area contributed by atoms with Gasteiger partial charge in [0.1, 0.15) is 0 Å². The van der Waals surface area contributed by atoms with Gasteiger partial charge in [-0.2, -0.15) is 5.10 Å². The number of H-pyrrole nitrogens is 2. The van der Waals surface area contributed by atoms with Crippen molar-refractivity contribution in [2.45, 2.75) is 13.1 Å². The van der Waals surface area contributed by atoms with E-state index in [1.54, 1.807) is 6.20 Å². The van der Waals surface area contributed by atoms with Crippen LogP contribution in [0.4, 0.5) is 0 Å². The van der Waals surface area contributed by atoms with E-state index in [4.69, 9.17) is 0 Å². The van der Waals surface area contributed by atoms with Crippen LogP contribution in [0.25, 0.3) is 44.5 Å². The maximum absolute atomic E-state index is 4.58. The molecule has 0 radical (unpaired) electrons. The second-order valence-corrected chi connectivity index (χ2v) is 8.01. The number of nitrogens with zero attached hydrogens (tertiary/aromatic N) is 4. The van der Waals surface area contributed by atoms with Crippen LogP contribution in [0, 0.1) is 0 Å². The zero-order chi connectivity index (χ0) is 22.0. The quantitative estimate of drug-likeness (QED) is 0.350. The third kappa shape index (κ3) is 3.86. The number of fused-ring (bicyclic) bond motifs is 2. The molecule has 0 amide bonds. The molecule has 6 aromatic rings. The van der Waals surface area contributed by atoms with Crippen LogP contribution in [0.3, 0.4) is 0 Å². The summed E-state index contributed by atoms with van der Waals surface area (Å²) in [4.78, 5) is 16.6. The van der Waals surface area contributed by atoms with Gasteiger partial charge in [-0.1, -0.05) is 30.3 Å². The molecule has 0 bridgehead atoms. The molecule has 0 aliphatic rings. The lowest BCUT2D eigenvalue weighted by atomic mass is 10.1. The summed E-state index contributed by atoms with van der Waals surface area (Å²) in [5.41, 5.74) is 7.94. The van der Waals surface area contributed by atoms with Crippen LogP contribution < -0.4 is 5.32 Å². The predicted molar refractivity (Wildman–Crippen MR) is 129 cm³/mol. The molecule has 0 spiro atoms. The molecular formula is C26H21N7. The van der Waals surface area contributed by atoms with Gasteiger partial charge in [0.15, 0.2) is 5.65 Å². The maximum Gasteiger partial charge on any atom is 0.181 e. The van der Waals surface area contributed by atoms with Gasteiger partial charge in [0.2, 0.25) is 0 Å². The monoisotopic (exact) mass is 431 g/mol. The van der Waals surface area contributed by atoms with Crippen LogP contribution in [0.15, 0.2) is 85.6 Å². The van der Waals surface area contributed by atoms with E-state index < -0.39 is 0 Å². The molecule has 6 rings (SSSR count). The van der Waals surface area contributed by atoms with E-state index in [1.165, 1.54) is 5.56 Å². The lowest BCUT2D eigenvalue weighted by Gasteiger charge is -2.07. The molecule has 0 saturated carbocycles. The van der Waals surface area contributed by atoms with Crippen molar-refractivity contribution in [3.63, 3.8) is 0 Å². The van der Waals surface area contributed by atoms with Gasteiger partial charge >= 0.3 is 0 Å². The average Bonchev–Trinajstić information content (AvgIpc) is 3.48. The maximum atomic E-state index is 4.58. The molecule has 160 valence electrons. The van der Waals surface area contributed by atoms with Crippen LogP contribution in [-0.4, -0.2) is 30.1 Å². The highest BCUT2D eigenvalue weighted by molar-refractivity contribution is 5.95. The number of pyridine rings is 3. The van der Waals surface area contributed by atoms with E-state index >= 15 is 0 Å². The van der Waals surface area contributed by atoms with E-state index in [2.05, 4.69) is 77.9 Å². The Morgan fingerprint density at radius 2 is 1.67 bits per heavy atom. The SMILES string of the molecule is c1ccc(CNCc2cncc(-c3cnc4n[nH]c(-c5cc6ccncc6[nH]5)c4c3)c2)cc1. The van der Waals surface area contributed by atoms with Crippen molar-refractivity contribution in [1.29, 1.82) is 0 Å². The van der Waals surface area contributed by atoms with E-state index in [0.717, 1.165) is 57.5 Å². The van der Waals surface area contributed by atoms with E-state index in [0.29, 0.717) is 5.65 Å². The van der Waals surface area contributed by atoms with E-state index in [1.807, 2.05) is 36.9 Å². The summed E-state index contributed by atoms with van der Waals surface area (Å²) in [6.07, 6.45) is 9.23. The molecule has 0 aliphatic heterocycles. The van der Waals surface area contributed by atoms with Crippen molar-refractivity contribution in [2.75, 3.05) is 0 Å². The third-order valence-corrected chi connectivity index (χ3v) is 5.73. The summed E-state index contributed by atoms with van der Waals surface area (Å²) in [5.74, 6) is 0. The fourth-order valence-electron chi connectivity index (χ4n) is 4.06. The lowest BCUT2D eigenvalue weighted by molar-refractivity contribution is 0.691. The summed E-state index contributed by atoms with van der Waals surface area (Å²) < 4.78 is 0. The first-order valence-corrected chi connectivity index (χ1v) is 10.8. The Kier molecular flexibility index (Phi) is 4.86. The van der Waals surface area contributed by atoms with Crippen LogP contribution in [0.5, 0.6) is 0 Å². The summed E-state index contributed by atoms with van der Waals surface area (Å²) >= 11 is 0. The second kappa shape index (κ2) is 8.29. The van der Waals surface area contributed by atoms with Crippen LogP contribution in [-0.2, 0) is 13.1 Å². The molecule has 33 heavy (non-hydrogen) atoms. The summed E-state index contributed by atoms with van der Waals surface area (Å²) in [6.45, 7) is 1.56. The molecule has 3 N–H and O–H groups in total. The first-order valence-electron chi connectivity index (χ1n) is 10.8. The number of hydrogen-bond donors (Lipinski definition) is 3. The number of aromatic amines is 2. The van der Waals surface area contributed by atoms with Crippen molar-refractivity contribution in [1.82, 2.24) is 35.5 Å². The minimum absolute atomic E-state index is 0.680. The highest BCUT2D eigenvalue weighted by Gasteiger charge is 2.13. The van der Waals surface area contributed by atoms with Crippen molar-refractivity contribution in [3.8, 4) is 22.5 Å². The van der Waals surface area contributed by atoms with Gasteiger partial charge < -0.3 is 10.3 Å². The number of rotatable bonds is 6. The molecule has 0 saturated heterocycles. The minimum atomic E-state index is 0.680. The Bertz CT molecular complexity index is 1520. The van der Waals surface area contributed by atoms with Gasteiger partial charge in [0.05, 0.1) is 23.1 Å². The van der Waals surface area contributed by atoms with Crippen molar-refractivity contribution in [2.24, 2.45) is 0 Å². The van der Waals surface area contributed by atoms with Gasteiger partial charge in [-0.05, 0) is 35.4 Å². The van der Waals surface area contributed by atoms with Crippen LogP contribution in [0.1, 0.15) is 11.1 Å². The van der Waals surface area contributed by atoms with Crippen molar-refractivity contribution in [3.05, 3.63) is 96.7 Å². The molecule has 7 heteroatoms. The minimum Gasteiger partial charge on any atom is -0.352 e. The smallest absolute Gasteiger partial charge is 0.181 e. The van der Waals surface area contributed by atoms with E-state index in [-0.39, 0.29) is 0 Å². The molecule has 0 unspecified atom stereocenters. The highest BCUT2D eigenvalue weighted by Crippen LogP contribution is 2.30. The Hall–Kier alpha value is -4.36. The van der Waals surface area contributed by atoms with Gasteiger partial charge in [-0.25, -0.2) is 4.98 Å². The van der Waals surface area contributed by atoms with E-state index in [9.17, 15) is 0 Å². The van der Waals surface area contributed by atoms with Gasteiger partial charge in [-0.3, -0.25) is 15.1 Å². The summed E-state index contributed by atoms with van der Waals surface area (Å²) in [7, 11) is 0. The highest BCUT2D eigenvalue weighted by atomic mass is 15.2. The zero-order valence-corrected chi connectivity index (χ0v) is 17.8. The second-order valence-electron chi connectivity index (χ2n) is 8.01. The number of hydrogen-bond acceptors (Lipinski definition) is 5. The van der Waals surface area contributed by atoms with Gasteiger partial charge in [0, 0.05) is 59.8 Å². The Morgan fingerprint density at radius 3 is 2.58 bits per heavy atom. The molecule has 0 atom stereocenters. The number of nitrogens with one attached hydrogen (secondary N) is 3. The van der Waals surface area contributed by atoms with Crippen LogP contribution in [0.2, 0.25) is 0 Å². The van der Waals surface area contributed by atoms with Crippen LogP contribution >= 0.6 is 0 Å². The molecule has 1 aromatic carbocycles. The Labute approximate surface area is 190 Å². The molecule has 0 aliphatic carbocycles. The predicted octanol–water partition coefficient (Wildman–Crippen LogP) is 4.85. The lowest BCUT2D eigenvalue weighted by Crippen LogP contribution is -2.12. The Balaban J connectivity index is 1.28. The molecular weight excluding hydrogens is 410 g/mol. The normalized spacial score (nSPS) is 11.4. The zero-order valence-electron chi connectivity index (χ0n) is 17.8. The fourth-order valence-corrected chi connectivity index (χ4v) is 4.06. The first-order chi connectivity index (χ1) is 16.3. The Morgan fingerprint density at radius 1 is 0.788 bits per heavy atom. The standard InChI is InChI=1S/C26H21N7/c1-2-4-17(5-3-1)11-28-12-18-8-20(14-29-13-18)21-9-22-25(32-33-26(22)30-15-21)23-10-19-6-7-27-16-24(19)31-23/h1-10,13-16,28,31H,11-12H2,(H,30,32,33). The van der Waals surface area contributed by atoms with Gasteiger partial charge in [0.25, 0.3) is 0 Å². The molecule has 5 heterocycles. The molecule has 5 aromatic heterocycles. The first kappa shape index (κ1) is 19.3. The largest absolute Gasteiger partial charge is 0.352 e. The molecule has 7 nitrogen and oxygen atoms in total. The topological polar surface area (TPSA) is 95.2 Å². The van der Waals surface area contributed by atoms with Crippen molar-refractivity contribution >= 4 is 21.9 Å². The summed E-state index contributed by atoms with van der Waals surface area (Å²) in [5, 5.41) is 13.1. The number of aromatic nitrogens is 6. The van der Waals surface area contributed by atoms with Gasteiger partial charge in [-0.15, -0.1) is 0 Å².